The molecule has 6 atom stereocenters. The van der Waals surface area contributed by atoms with Gasteiger partial charge in [-0.15, -0.1) is 0 Å². The third-order valence-corrected chi connectivity index (χ3v) is 6.97. The molecule has 2 fully saturated rings. The van der Waals surface area contributed by atoms with Crippen LogP contribution in [0.3, 0.4) is 0 Å². The van der Waals surface area contributed by atoms with Crippen LogP contribution < -0.4 is 5.32 Å². The van der Waals surface area contributed by atoms with E-state index in [1.165, 1.54) is 13.2 Å². The number of allylic oxidation sites excluding steroid dienone is 1. The number of methoxy groups -OCH3 is 1. The van der Waals surface area contributed by atoms with Gasteiger partial charge in [-0.3, -0.25) is 14.4 Å². The van der Waals surface area contributed by atoms with Crippen LogP contribution in [-0.2, 0) is 23.9 Å². The molecule has 1 heterocycles. The summed E-state index contributed by atoms with van der Waals surface area (Å²) in [7, 11) is 1.22. The van der Waals surface area contributed by atoms with Crippen LogP contribution >= 0.6 is 0 Å². The van der Waals surface area contributed by atoms with Gasteiger partial charge in [-0.25, -0.2) is 0 Å². The van der Waals surface area contributed by atoms with Crippen molar-refractivity contribution in [3.05, 3.63) is 12.2 Å². The van der Waals surface area contributed by atoms with Crippen molar-refractivity contribution < 1.29 is 39.2 Å². The van der Waals surface area contributed by atoms with E-state index in [4.69, 9.17) is 9.47 Å². The molecular formula is C26H43NO8. The number of esters is 1. The Balaban J connectivity index is 1.86. The summed E-state index contributed by atoms with van der Waals surface area (Å²) in [6.07, 6.45) is 1.76. The summed E-state index contributed by atoms with van der Waals surface area (Å²) < 4.78 is 10.6. The van der Waals surface area contributed by atoms with Gasteiger partial charge < -0.3 is 30.1 Å². The number of hydrogen-bond donors (Lipinski definition) is 4. The smallest absolute Gasteiger partial charge is 0.312 e. The monoisotopic (exact) mass is 497 g/mol. The van der Waals surface area contributed by atoms with Gasteiger partial charge in [0.05, 0.1) is 12.0 Å². The van der Waals surface area contributed by atoms with E-state index >= 15 is 0 Å². The van der Waals surface area contributed by atoms with Gasteiger partial charge in [0, 0.05) is 25.9 Å². The van der Waals surface area contributed by atoms with Crippen molar-refractivity contribution in [1.29, 1.82) is 0 Å². The molecule has 9 nitrogen and oxygen atoms in total. The first-order chi connectivity index (χ1) is 16.3. The van der Waals surface area contributed by atoms with E-state index in [0.717, 1.165) is 32.1 Å². The van der Waals surface area contributed by atoms with E-state index in [9.17, 15) is 29.7 Å². The summed E-state index contributed by atoms with van der Waals surface area (Å²) in [5.74, 6) is -1.84. The highest BCUT2D eigenvalue weighted by Crippen LogP contribution is 2.45. The van der Waals surface area contributed by atoms with Gasteiger partial charge in [0.15, 0.2) is 5.78 Å². The molecule has 1 aliphatic heterocycles. The highest BCUT2D eigenvalue weighted by atomic mass is 16.6. The zero-order valence-electron chi connectivity index (χ0n) is 21.7. The molecule has 1 saturated heterocycles. The fraction of sp³-hybridized carbons (Fsp3) is 0.808. The molecule has 1 saturated carbocycles. The molecule has 35 heavy (non-hydrogen) atoms. The maximum Gasteiger partial charge on any atom is 0.312 e. The van der Waals surface area contributed by atoms with Crippen molar-refractivity contribution in [2.24, 2.45) is 16.7 Å². The number of hydrogen-bond acceptors (Lipinski definition) is 8. The molecule has 0 aromatic carbocycles. The van der Waals surface area contributed by atoms with Gasteiger partial charge in [-0.1, -0.05) is 59.1 Å². The largest absolute Gasteiger partial charge is 0.460 e. The number of nitrogens with one attached hydrogen (secondary N) is 1. The molecule has 200 valence electrons. The summed E-state index contributed by atoms with van der Waals surface area (Å²) in [6, 6.07) is 0. The number of carbonyl (C=O) groups is 3. The molecule has 9 heteroatoms. The molecule has 0 aromatic heterocycles. The van der Waals surface area contributed by atoms with E-state index in [1.54, 1.807) is 13.0 Å². The lowest BCUT2D eigenvalue weighted by Crippen LogP contribution is -2.48. The average molecular weight is 498 g/mol. The van der Waals surface area contributed by atoms with Crippen molar-refractivity contribution in [1.82, 2.24) is 5.32 Å². The number of cyclic esters (lactones) is 1. The fourth-order valence-corrected chi connectivity index (χ4v) is 4.83. The van der Waals surface area contributed by atoms with Crippen molar-refractivity contribution in [3.8, 4) is 0 Å². The maximum absolute atomic E-state index is 12.7. The van der Waals surface area contributed by atoms with Crippen LogP contribution in [0.15, 0.2) is 12.2 Å². The number of ketones is 1. The van der Waals surface area contributed by atoms with Crippen LogP contribution in [0.2, 0.25) is 0 Å². The van der Waals surface area contributed by atoms with Crippen LogP contribution in [0.25, 0.3) is 0 Å². The predicted octanol–water partition coefficient (Wildman–Crippen LogP) is 1.66. The van der Waals surface area contributed by atoms with E-state index in [2.05, 4.69) is 5.32 Å². The quantitative estimate of drug-likeness (QED) is 0.249. The summed E-state index contributed by atoms with van der Waals surface area (Å²) >= 11 is 0. The van der Waals surface area contributed by atoms with E-state index in [1.807, 2.05) is 20.8 Å². The normalized spacial score (nSPS) is 24.6. The summed E-state index contributed by atoms with van der Waals surface area (Å²) in [4.78, 5) is 37.7. The number of rotatable bonds is 11. The van der Waals surface area contributed by atoms with E-state index in [-0.39, 0.29) is 36.4 Å². The number of ether oxygens (including phenoxy) is 2. The highest BCUT2D eigenvalue weighted by Gasteiger charge is 2.49. The Morgan fingerprint density at radius 3 is 2.37 bits per heavy atom. The third-order valence-electron chi connectivity index (χ3n) is 6.97. The molecule has 2 aliphatic rings. The molecule has 1 amide bonds. The van der Waals surface area contributed by atoms with Gasteiger partial charge in [-0.05, 0) is 18.3 Å². The van der Waals surface area contributed by atoms with Crippen molar-refractivity contribution in [2.45, 2.75) is 103 Å². The minimum absolute atomic E-state index is 0.172. The Hall–Kier alpha value is -1.81. The number of Topliss-reactive ketones (excluding diaryl/α,β-unsaturated/α-hetero) is 1. The fourth-order valence-electron chi connectivity index (χ4n) is 4.83. The van der Waals surface area contributed by atoms with Crippen molar-refractivity contribution in [3.63, 3.8) is 0 Å². The Kier molecular flexibility index (Phi) is 10.4. The zero-order chi connectivity index (χ0) is 26.4. The van der Waals surface area contributed by atoms with Gasteiger partial charge >= 0.3 is 5.97 Å². The molecule has 0 bridgehead atoms. The lowest BCUT2D eigenvalue weighted by Gasteiger charge is -2.28. The van der Waals surface area contributed by atoms with Crippen molar-refractivity contribution >= 4 is 17.7 Å². The Morgan fingerprint density at radius 1 is 1.17 bits per heavy atom. The van der Waals surface area contributed by atoms with Gasteiger partial charge in [0.25, 0.3) is 0 Å². The SMILES string of the molecule is CO[C@@H](C(=O)C[C@@H](C)C(=O)NCC1CC2(CCCCC2)C(=O)O1)[C@H](O)[C@@H](O)[C@H](O)/C=C/C(C)(C)C. The van der Waals surface area contributed by atoms with Crippen LogP contribution in [-0.4, -0.2) is 77.2 Å². The lowest BCUT2D eigenvalue weighted by atomic mass is 9.72. The standard InChI is InChI=1S/C26H43NO8/c1-16(23(32)27-15-17-14-26(24(33)35-17)10-7-6-8-11-26)13-19(29)22(34-5)21(31)20(30)18(28)9-12-25(2,3)4/h9,12,16-18,20-22,28,30-31H,6-8,10-11,13-15H2,1-5H3,(H,27,32)/b12-9+/t16-,17?,18-,20+,21-,22+/m1/s1. The zero-order valence-corrected chi connectivity index (χ0v) is 21.7. The lowest BCUT2D eigenvalue weighted by molar-refractivity contribution is -0.150. The Labute approximate surface area is 208 Å². The second-order valence-corrected chi connectivity index (χ2v) is 11.2. The van der Waals surface area contributed by atoms with E-state index < -0.39 is 41.5 Å². The highest BCUT2D eigenvalue weighted by molar-refractivity contribution is 5.89. The molecule has 1 unspecified atom stereocenters. The molecule has 0 aromatic rings. The molecule has 2 rings (SSSR count). The minimum Gasteiger partial charge on any atom is -0.460 e. The summed E-state index contributed by atoms with van der Waals surface area (Å²) in [6.45, 7) is 7.51. The van der Waals surface area contributed by atoms with Gasteiger partial charge in [0.1, 0.15) is 30.5 Å². The van der Waals surface area contributed by atoms with Crippen LogP contribution in [0.4, 0.5) is 0 Å². The molecule has 0 radical (unpaired) electrons. The summed E-state index contributed by atoms with van der Waals surface area (Å²) in [5, 5.41) is 33.7. The minimum atomic E-state index is -1.67. The number of amides is 1. The first-order valence-electron chi connectivity index (χ1n) is 12.6. The topological polar surface area (TPSA) is 142 Å². The number of aliphatic hydroxyl groups is 3. The second kappa shape index (κ2) is 12.4. The Morgan fingerprint density at radius 2 is 1.80 bits per heavy atom. The van der Waals surface area contributed by atoms with Crippen LogP contribution in [0, 0.1) is 16.7 Å². The third kappa shape index (κ3) is 8.10. The molecule has 1 spiro atoms. The van der Waals surface area contributed by atoms with Gasteiger partial charge in [-0.2, -0.15) is 0 Å². The van der Waals surface area contributed by atoms with Crippen LogP contribution in [0.5, 0.6) is 0 Å². The first-order valence-corrected chi connectivity index (χ1v) is 12.6. The Bertz CT molecular complexity index is 768. The number of aliphatic hydroxyl groups excluding tert-OH is 3. The first kappa shape index (κ1) is 29.4. The molecule has 4 N–H and O–H groups in total. The average Bonchev–Trinajstić information content (AvgIpc) is 3.09. The maximum atomic E-state index is 12.7. The number of carbonyl (C=O) groups excluding carboxylic acids is 3. The molecular weight excluding hydrogens is 454 g/mol. The van der Waals surface area contributed by atoms with E-state index in [0.29, 0.717) is 6.42 Å². The second-order valence-electron chi connectivity index (χ2n) is 11.2. The predicted molar refractivity (Wildman–Crippen MR) is 129 cm³/mol. The van der Waals surface area contributed by atoms with Crippen molar-refractivity contribution in [2.75, 3.05) is 13.7 Å². The van der Waals surface area contributed by atoms with Crippen LogP contribution in [0.1, 0.15) is 72.6 Å². The molecule has 1 aliphatic carbocycles. The van der Waals surface area contributed by atoms with Gasteiger partial charge in [0.2, 0.25) is 5.91 Å². The summed E-state index contributed by atoms with van der Waals surface area (Å²) in [5.41, 5.74) is -0.650.